The molecule has 0 bridgehead atoms. The van der Waals surface area contributed by atoms with Crippen molar-refractivity contribution >= 4 is 16.5 Å². The second kappa shape index (κ2) is 7.83. The first-order valence-corrected chi connectivity index (χ1v) is 9.86. The second-order valence-corrected chi connectivity index (χ2v) is 7.96. The molecule has 5 nitrogen and oxygen atoms in total. The van der Waals surface area contributed by atoms with Gasteiger partial charge in [-0.05, 0) is 12.6 Å². The SMILES string of the molecule is CN1CCN(Cc2cnc(N3CCOCC3)s2)C(c2ccccc2)C1. The van der Waals surface area contributed by atoms with Gasteiger partial charge >= 0.3 is 0 Å². The minimum Gasteiger partial charge on any atom is -0.378 e. The molecule has 134 valence electrons. The predicted octanol–water partition coefficient (Wildman–Crippen LogP) is 2.47. The molecule has 0 saturated carbocycles. The van der Waals surface area contributed by atoms with E-state index in [4.69, 9.17) is 4.74 Å². The molecule has 1 aromatic heterocycles. The maximum Gasteiger partial charge on any atom is 0.185 e. The highest BCUT2D eigenvalue weighted by atomic mass is 32.1. The minimum atomic E-state index is 0.453. The molecule has 0 amide bonds. The van der Waals surface area contributed by atoms with E-state index < -0.39 is 0 Å². The van der Waals surface area contributed by atoms with Gasteiger partial charge in [-0.25, -0.2) is 4.98 Å². The zero-order valence-corrected chi connectivity index (χ0v) is 15.6. The van der Waals surface area contributed by atoms with Crippen LogP contribution in [0.15, 0.2) is 36.5 Å². The van der Waals surface area contributed by atoms with Crippen LogP contribution in [0.3, 0.4) is 0 Å². The summed E-state index contributed by atoms with van der Waals surface area (Å²) < 4.78 is 5.44. The molecular formula is C19H26N4OS. The van der Waals surface area contributed by atoms with Crippen molar-refractivity contribution in [1.82, 2.24) is 14.8 Å². The molecule has 6 heteroatoms. The Labute approximate surface area is 153 Å². The largest absolute Gasteiger partial charge is 0.378 e. The molecule has 3 heterocycles. The van der Waals surface area contributed by atoms with Crippen LogP contribution in [0.5, 0.6) is 0 Å². The molecule has 25 heavy (non-hydrogen) atoms. The van der Waals surface area contributed by atoms with Gasteiger partial charge in [0, 0.05) is 56.4 Å². The van der Waals surface area contributed by atoms with Gasteiger partial charge in [-0.15, -0.1) is 11.3 Å². The molecule has 0 spiro atoms. The van der Waals surface area contributed by atoms with E-state index in [0.717, 1.165) is 57.6 Å². The van der Waals surface area contributed by atoms with Gasteiger partial charge in [0.15, 0.2) is 5.13 Å². The Morgan fingerprint density at radius 3 is 2.72 bits per heavy atom. The highest BCUT2D eigenvalue weighted by Crippen LogP contribution is 2.30. The number of ether oxygens (including phenoxy) is 1. The quantitative estimate of drug-likeness (QED) is 0.838. The Hall–Kier alpha value is -1.47. The second-order valence-electron chi connectivity index (χ2n) is 6.87. The van der Waals surface area contributed by atoms with Crippen LogP contribution in [0, 0.1) is 0 Å². The first-order valence-electron chi connectivity index (χ1n) is 9.04. The summed E-state index contributed by atoms with van der Waals surface area (Å²) in [6, 6.07) is 11.3. The topological polar surface area (TPSA) is 31.8 Å². The number of nitrogens with zero attached hydrogens (tertiary/aromatic N) is 4. The van der Waals surface area contributed by atoms with Gasteiger partial charge in [0.2, 0.25) is 0 Å². The van der Waals surface area contributed by atoms with Gasteiger partial charge in [-0.2, -0.15) is 0 Å². The molecule has 2 aliphatic heterocycles. The summed E-state index contributed by atoms with van der Waals surface area (Å²) in [6.07, 6.45) is 2.07. The zero-order valence-electron chi connectivity index (χ0n) is 14.8. The Kier molecular flexibility index (Phi) is 5.31. The van der Waals surface area contributed by atoms with Crippen LogP contribution in [0.4, 0.5) is 5.13 Å². The Balaban J connectivity index is 1.47. The van der Waals surface area contributed by atoms with Crippen molar-refractivity contribution in [3.63, 3.8) is 0 Å². The van der Waals surface area contributed by atoms with E-state index in [2.05, 4.69) is 63.3 Å². The van der Waals surface area contributed by atoms with Crippen molar-refractivity contribution in [3.8, 4) is 0 Å². The maximum absolute atomic E-state index is 5.44. The smallest absolute Gasteiger partial charge is 0.185 e. The van der Waals surface area contributed by atoms with Crippen molar-refractivity contribution in [3.05, 3.63) is 47.0 Å². The third-order valence-electron chi connectivity index (χ3n) is 5.06. The van der Waals surface area contributed by atoms with E-state index in [1.54, 1.807) is 0 Å². The van der Waals surface area contributed by atoms with Crippen molar-refractivity contribution in [1.29, 1.82) is 0 Å². The fourth-order valence-electron chi connectivity index (χ4n) is 3.61. The van der Waals surface area contributed by atoms with Crippen LogP contribution in [0.2, 0.25) is 0 Å². The van der Waals surface area contributed by atoms with E-state index in [9.17, 15) is 0 Å². The fraction of sp³-hybridized carbons (Fsp3) is 0.526. The van der Waals surface area contributed by atoms with Crippen LogP contribution in [0.1, 0.15) is 16.5 Å². The highest BCUT2D eigenvalue weighted by molar-refractivity contribution is 7.15. The van der Waals surface area contributed by atoms with Crippen molar-refractivity contribution in [2.75, 3.05) is 57.9 Å². The lowest BCUT2D eigenvalue weighted by atomic mass is 10.0. The third kappa shape index (κ3) is 4.03. The van der Waals surface area contributed by atoms with Crippen molar-refractivity contribution < 1.29 is 4.74 Å². The number of thiazole rings is 1. The molecule has 2 aliphatic rings. The average molecular weight is 359 g/mol. The zero-order chi connectivity index (χ0) is 17.1. The summed E-state index contributed by atoms with van der Waals surface area (Å²) in [4.78, 5) is 13.4. The molecular weight excluding hydrogens is 332 g/mol. The average Bonchev–Trinajstić information content (AvgIpc) is 3.13. The Morgan fingerprint density at radius 2 is 1.92 bits per heavy atom. The van der Waals surface area contributed by atoms with Crippen LogP contribution in [-0.2, 0) is 11.3 Å². The predicted molar refractivity (Wildman–Crippen MR) is 102 cm³/mol. The van der Waals surface area contributed by atoms with E-state index in [1.807, 2.05) is 11.3 Å². The van der Waals surface area contributed by atoms with Gasteiger partial charge in [0.25, 0.3) is 0 Å². The molecule has 2 saturated heterocycles. The van der Waals surface area contributed by atoms with Gasteiger partial charge in [0.1, 0.15) is 0 Å². The summed E-state index contributed by atoms with van der Waals surface area (Å²) in [5, 5.41) is 1.14. The minimum absolute atomic E-state index is 0.453. The van der Waals surface area contributed by atoms with Crippen LogP contribution in [0.25, 0.3) is 0 Å². The number of hydrogen-bond donors (Lipinski definition) is 0. The van der Waals surface area contributed by atoms with Crippen LogP contribution >= 0.6 is 11.3 Å². The number of rotatable bonds is 4. The number of anilines is 1. The van der Waals surface area contributed by atoms with Gasteiger partial charge < -0.3 is 14.5 Å². The first-order chi connectivity index (χ1) is 12.3. The van der Waals surface area contributed by atoms with Gasteiger partial charge in [-0.3, -0.25) is 4.90 Å². The van der Waals surface area contributed by atoms with E-state index in [0.29, 0.717) is 6.04 Å². The molecule has 4 rings (SSSR count). The normalized spacial score (nSPS) is 23.1. The lowest BCUT2D eigenvalue weighted by Gasteiger charge is -2.40. The maximum atomic E-state index is 5.44. The Bertz CT molecular complexity index is 671. The van der Waals surface area contributed by atoms with E-state index >= 15 is 0 Å². The lowest BCUT2D eigenvalue weighted by molar-refractivity contribution is 0.0842. The summed E-state index contributed by atoms with van der Waals surface area (Å²) in [5.41, 5.74) is 1.41. The van der Waals surface area contributed by atoms with E-state index in [-0.39, 0.29) is 0 Å². The molecule has 1 unspecified atom stereocenters. The molecule has 2 fully saturated rings. The summed E-state index contributed by atoms with van der Waals surface area (Å²) >= 11 is 1.84. The van der Waals surface area contributed by atoms with Gasteiger partial charge in [-0.1, -0.05) is 30.3 Å². The van der Waals surface area contributed by atoms with Crippen molar-refractivity contribution in [2.45, 2.75) is 12.6 Å². The number of aromatic nitrogens is 1. The third-order valence-corrected chi connectivity index (χ3v) is 6.10. The Morgan fingerprint density at radius 1 is 1.12 bits per heavy atom. The number of likely N-dealkylation sites (N-methyl/N-ethyl adjacent to an activating group) is 1. The number of piperazine rings is 1. The number of benzene rings is 1. The molecule has 0 aliphatic carbocycles. The highest BCUT2D eigenvalue weighted by Gasteiger charge is 2.27. The first kappa shape index (κ1) is 17.0. The summed E-state index contributed by atoms with van der Waals surface area (Å²) in [6.45, 7) is 7.81. The van der Waals surface area contributed by atoms with E-state index in [1.165, 1.54) is 10.4 Å². The summed E-state index contributed by atoms with van der Waals surface area (Å²) in [7, 11) is 2.22. The van der Waals surface area contributed by atoms with Crippen LogP contribution in [-0.4, -0.2) is 67.8 Å². The molecule has 0 radical (unpaired) electrons. The molecule has 2 aromatic rings. The molecule has 0 N–H and O–H groups in total. The van der Waals surface area contributed by atoms with Crippen LogP contribution < -0.4 is 4.90 Å². The molecule has 1 aromatic carbocycles. The number of morpholine rings is 1. The van der Waals surface area contributed by atoms with Crippen molar-refractivity contribution in [2.24, 2.45) is 0 Å². The standard InChI is InChI=1S/C19H26N4OS/c1-21-7-8-23(18(15-21)16-5-3-2-4-6-16)14-17-13-20-19(25-17)22-9-11-24-12-10-22/h2-6,13,18H,7-12,14-15H2,1H3. The van der Waals surface area contributed by atoms with Gasteiger partial charge in [0.05, 0.1) is 13.2 Å². The number of hydrogen-bond acceptors (Lipinski definition) is 6. The molecule has 1 atom stereocenters. The fourth-order valence-corrected chi connectivity index (χ4v) is 4.60. The lowest BCUT2D eigenvalue weighted by Crippen LogP contribution is -2.46. The monoisotopic (exact) mass is 358 g/mol. The summed E-state index contributed by atoms with van der Waals surface area (Å²) in [5.74, 6) is 0.